The van der Waals surface area contributed by atoms with Crippen LogP contribution in [0.2, 0.25) is 0 Å². The predicted molar refractivity (Wildman–Crippen MR) is 91.3 cm³/mol. The third kappa shape index (κ3) is 4.42. The first-order valence-electron chi connectivity index (χ1n) is 6.65. The zero-order valence-corrected chi connectivity index (χ0v) is 14.3. The summed E-state index contributed by atoms with van der Waals surface area (Å²) in [7, 11) is 0. The number of halogens is 2. The Morgan fingerprint density at radius 3 is 2.50 bits per heavy atom. The van der Waals surface area contributed by atoms with Gasteiger partial charge in [-0.05, 0) is 48.6 Å². The number of nitrogens with one attached hydrogen (secondary N) is 1. The number of aryl methyl sites for hydroxylation is 1. The molecule has 0 aliphatic rings. The topological polar surface area (TPSA) is 38.0 Å². The largest absolute Gasteiger partial charge is 0.271 e. The van der Waals surface area contributed by atoms with E-state index in [1.54, 1.807) is 0 Å². The van der Waals surface area contributed by atoms with Gasteiger partial charge < -0.3 is 0 Å². The molecule has 4 heteroatoms. The lowest BCUT2D eigenvalue weighted by Gasteiger charge is -2.18. The molecular formula is C16H18Br2N2. The van der Waals surface area contributed by atoms with Crippen molar-refractivity contribution in [3.05, 3.63) is 68.6 Å². The second-order valence-corrected chi connectivity index (χ2v) is 6.53. The van der Waals surface area contributed by atoms with E-state index < -0.39 is 0 Å². The summed E-state index contributed by atoms with van der Waals surface area (Å²) in [5, 5.41) is 0. The van der Waals surface area contributed by atoms with Gasteiger partial charge in [0.25, 0.3) is 0 Å². The van der Waals surface area contributed by atoms with Crippen LogP contribution in [0.15, 0.2) is 57.5 Å². The van der Waals surface area contributed by atoms with Crippen molar-refractivity contribution in [3.8, 4) is 0 Å². The summed E-state index contributed by atoms with van der Waals surface area (Å²) in [6, 6.07) is 16.9. The van der Waals surface area contributed by atoms with Gasteiger partial charge in [-0.1, -0.05) is 62.2 Å². The van der Waals surface area contributed by atoms with Crippen molar-refractivity contribution in [1.82, 2.24) is 5.43 Å². The van der Waals surface area contributed by atoms with Crippen molar-refractivity contribution in [3.63, 3.8) is 0 Å². The van der Waals surface area contributed by atoms with Crippen molar-refractivity contribution >= 4 is 31.9 Å². The molecule has 0 aromatic heterocycles. The Labute approximate surface area is 137 Å². The summed E-state index contributed by atoms with van der Waals surface area (Å²) in [6.45, 7) is 0. The van der Waals surface area contributed by atoms with Crippen LogP contribution in [0.3, 0.4) is 0 Å². The molecule has 0 aliphatic heterocycles. The van der Waals surface area contributed by atoms with Gasteiger partial charge in [-0.15, -0.1) is 0 Å². The molecule has 0 aliphatic carbocycles. The number of nitrogens with two attached hydrogens (primary N) is 1. The van der Waals surface area contributed by atoms with Gasteiger partial charge in [-0.2, -0.15) is 0 Å². The van der Waals surface area contributed by atoms with Crippen molar-refractivity contribution in [1.29, 1.82) is 0 Å². The lowest BCUT2D eigenvalue weighted by atomic mass is 9.99. The zero-order valence-electron chi connectivity index (χ0n) is 11.2. The van der Waals surface area contributed by atoms with Crippen LogP contribution < -0.4 is 11.3 Å². The summed E-state index contributed by atoms with van der Waals surface area (Å²) in [5.41, 5.74) is 5.48. The van der Waals surface area contributed by atoms with Gasteiger partial charge in [-0.3, -0.25) is 11.3 Å². The summed E-state index contributed by atoms with van der Waals surface area (Å²) < 4.78 is 2.15. The summed E-state index contributed by atoms with van der Waals surface area (Å²) in [5.74, 6) is 5.72. The van der Waals surface area contributed by atoms with Gasteiger partial charge in [-0.25, -0.2) is 0 Å². The van der Waals surface area contributed by atoms with Gasteiger partial charge in [0.15, 0.2) is 0 Å². The maximum absolute atomic E-state index is 5.72. The Kier molecular flexibility index (Phi) is 6.23. The number of hydrogen-bond acceptors (Lipinski definition) is 2. The smallest absolute Gasteiger partial charge is 0.0471 e. The quantitative estimate of drug-likeness (QED) is 0.545. The average molecular weight is 398 g/mol. The van der Waals surface area contributed by atoms with E-state index in [4.69, 9.17) is 5.84 Å². The Hall–Kier alpha value is -0.680. The van der Waals surface area contributed by atoms with Crippen molar-refractivity contribution in [2.75, 3.05) is 0 Å². The average Bonchev–Trinajstić information content (AvgIpc) is 2.48. The molecule has 106 valence electrons. The van der Waals surface area contributed by atoms with E-state index in [1.807, 2.05) is 18.2 Å². The molecular weight excluding hydrogens is 380 g/mol. The monoisotopic (exact) mass is 396 g/mol. The minimum atomic E-state index is 0.158. The highest BCUT2D eigenvalue weighted by atomic mass is 79.9. The second-order valence-electron chi connectivity index (χ2n) is 4.76. The van der Waals surface area contributed by atoms with Crippen LogP contribution in [-0.4, -0.2) is 0 Å². The molecule has 0 amide bonds. The Morgan fingerprint density at radius 2 is 1.80 bits per heavy atom. The predicted octanol–water partition coefficient (Wildman–Crippen LogP) is 4.74. The van der Waals surface area contributed by atoms with E-state index in [1.165, 1.54) is 11.1 Å². The van der Waals surface area contributed by atoms with Gasteiger partial charge in [0.05, 0.1) is 0 Å². The number of hydrazine groups is 1. The summed E-state index contributed by atoms with van der Waals surface area (Å²) in [6.07, 6.45) is 3.17. The Morgan fingerprint density at radius 1 is 1.05 bits per heavy atom. The molecule has 0 saturated carbocycles. The fourth-order valence-corrected chi connectivity index (χ4v) is 3.17. The molecule has 0 fully saturated rings. The molecule has 1 unspecified atom stereocenters. The van der Waals surface area contributed by atoms with Gasteiger partial charge in [0.2, 0.25) is 0 Å². The van der Waals surface area contributed by atoms with E-state index >= 15 is 0 Å². The highest BCUT2D eigenvalue weighted by molar-refractivity contribution is 9.11. The van der Waals surface area contributed by atoms with Gasteiger partial charge in [0.1, 0.15) is 0 Å². The van der Waals surface area contributed by atoms with E-state index in [0.717, 1.165) is 28.2 Å². The van der Waals surface area contributed by atoms with Crippen LogP contribution in [0.4, 0.5) is 0 Å². The van der Waals surface area contributed by atoms with Crippen LogP contribution >= 0.6 is 31.9 Å². The number of benzene rings is 2. The molecule has 2 aromatic rings. The first-order chi connectivity index (χ1) is 9.70. The molecule has 2 nitrogen and oxygen atoms in total. The third-order valence-electron chi connectivity index (χ3n) is 3.34. The molecule has 0 saturated heterocycles. The standard InChI is InChI=1S/C16H18Br2N2/c17-13-9-10-15(18)14(11-13)16(20-19)8-4-7-12-5-2-1-3-6-12/h1-3,5-6,9-11,16,20H,4,7-8,19H2. The van der Waals surface area contributed by atoms with E-state index in [0.29, 0.717) is 0 Å². The molecule has 0 bridgehead atoms. The first kappa shape index (κ1) is 15.7. The molecule has 0 heterocycles. The Balaban J connectivity index is 1.97. The molecule has 2 aromatic carbocycles. The maximum Gasteiger partial charge on any atom is 0.0471 e. The molecule has 0 spiro atoms. The second kappa shape index (κ2) is 7.93. The highest BCUT2D eigenvalue weighted by Crippen LogP contribution is 2.29. The zero-order chi connectivity index (χ0) is 14.4. The minimum absolute atomic E-state index is 0.158. The Bertz CT molecular complexity index is 543. The van der Waals surface area contributed by atoms with E-state index in [9.17, 15) is 0 Å². The van der Waals surface area contributed by atoms with Crippen LogP contribution in [0.5, 0.6) is 0 Å². The molecule has 2 rings (SSSR count). The van der Waals surface area contributed by atoms with Crippen molar-refractivity contribution in [2.24, 2.45) is 5.84 Å². The fourth-order valence-electron chi connectivity index (χ4n) is 2.27. The van der Waals surface area contributed by atoms with Gasteiger partial charge in [0, 0.05) is 15.0 Å². The van der Waals surface area contributed by atoms with E-state index in [2.05, 4.69) is 67.6 Å². The SMILES string of the molecule is NNC(CCCc1ccccc1)c1cc(Br)ccc1Br. The summed E-state index contributed by atoms with van der Waals surface area (Å²) in [4.78, 5) is 0. The number of hydrogen-bond donors (Lipinski definition) is 2. The van der Waals surface area contributed by atoms with Crippen LogP contribution in [0.25, 0.3) is 0 Å². The minimum Gasteiger partial charge on any atom is -0.271 e. The van der Waals surface area contributed by atoms with Crippen LogP contribution in [0, 0.1) is 0 Å². The molecule has 1 atom stereocenters. The lowest BCUT2D eigenvalue weighted by Crippen LogP contribution is -2.28. The first-order valence-corrected chi connectivity index (χ1v) is 8.24. The maximum atomic E-state index is 5.72. The molecule has 3 N–H and O–H groups in total. The fraction of sp³-hybridized carbons (Fsp3) is 0.250. The van der Waals surface area contributed by atoms with Crippen LogP contribution in [0.1, 0.15) is 30.0 Å². The molecule has 0 radical (unpaired) electrons. The van der Waals surface area contributed by atoms with Crippen LogP contribution in [-0.2, 0) is 6.42 Å². The summed E-state index contributed by atoms with van der Waals surface area (Å²) >= 11 is 7.10. The lowest BCUT2D eigenvalue weighted by molar-refractivity contribution is 0.497. The normalized spacial score (nSPS) is 12.3. The number of rotatable bonds is 6. The molecule has 20 heavy (non-hydrogen) atoms. The van der Waals surface area contributed by atoms with Gasteiger partial charge >= 0.3 is 0 Å². The van der Waals surface area contributed by atoms with E-state index in [-0.39, 0.29) is 6.04 Å². The highest BCUT2D eigenvalue weighted by Gasteiger charge is 2.13. The van der Waals surface area contributed by atoms with Crippen molar-refractivity contribution < 1.29 is 0 Å². The third-order valence-corrected chi connectivity index (χ3v) is 4.55. The van der Waals surface area contributed by atoms with Crippen molar-refractivity contribution in [2.45, 2.75) is 25.3 Å².